The van der Waals surface area contributed by atoms with Gasteiger partial charge in [0.1, 0.15) is 11.5 Å². The standard InChI is InChI=1S/C18H14Cl2N4O/c1-11-4-2-3-5-14(11)24-18(25)16-9-22-17(10-21-16)23-15-8-12(19)6-7-13(15)20/h2-10H,1H3,(H,22,23)(H,24,25). The van der Waals surface area contributed by atoms with Crippen LogP contribution in [0.3, 0.4) is 0 Å². The second kappa shape index (κ2) is 7.51. The van der Waals surface area contributed by atoms with Crippen molar-refractivity contribution in [2.24, 2.45) is 0 Å². The molecular formula is C18H14Cl2N4O. The van der Waals surface area contributed by atoms with E-state index in [0.29, 0.717) is 21.6 Å². The number of para-hydroxylation sites is 1. The van der Waals surface area contributed by atoms with E-state index in [1.54, 1.807) is 18.2 Å². The summed E-state index contributed by atoms with van der Waals surface area (Å²) in [5.74, 6) is 0.130. The zero-order valence-electron chi connectivity index (χ0n) is 13.3. The van der Waals surface area contributed by atoms with Crippen molar-refractivity contribution in [3.63, 3.8) is 0 Å². The first kappa shape index (κ1) is 17.2. The minimum Gasteiger partial charge on any atom is -0.338 e. The molecule has 2 aromatic carbocycles. The summed E-state index contributed by atoms with van der Waals surface area (Å²) >= 11 is 12.1. The van der Waals surface area contributed by atoms with Crippen molar-refractivity contribution in [3.8, 4) is 0 Å². The maximum absolute atomic E-state index is 12.3. The Morgan fingerprint density at radius 1 is 1.00 bits per heavy atom. The number of carbonyl (C=O) groups excluding carboxylic acids is 1. The van der Waals surface area contributed by atoms with Crippen LogP contribution in [0.2, 0.25) is 10.0 Å². The second-order valence-corrected chi connectivity index (χ2v) is 6.15. The van der Waals surface area contributed by atoms with Crippen LogP contribution in [-0.2, 0) is 0 Å². The van der Waals surface area contributed by atoms with E-state index in [4.69, 9.17) is 23.2 Å². The molecule has 1 heterocycles. The molecule has 7 heteroatoms. The van der Waals surface area contributed by atoms with Gasteiger partial charge in [-0.1, -0.05) is 41.4 Å². The molecule has 0 atom stereocenters. The number of aromatic nitrogens is 2. The molecule has 0 radical (unpaired) electrons. The van der Waals surface area contributed by atoms with Crippen molar-refractivity contribution >= 4 is 46.3 Å². The minimum absolute atomic E-state index is 0.214. The Labute approximate surface area is 155 Å². The molecule has 5 nitrogen and oxygen atoms in total. The summed E-state index contributed by atoms with van der Waals surface area (Å²) in [5.41, 5.74) is 2.53. The molecule has 0 aliphatic heterocycles. The number of amides is 1. The fraction of sp³-hybridized carbons (Fsp3) is 0.0556. The van der Waals surface area contributed by atoms with Gasteiger partial charge in [-0.25, -0.2) is 9.97 Å². The molecule has 2 N–H and O–H groups in total. The van der Waals surface area contributed by atoms with E-state index in [9.17, 15) is 4.79 Å². The van der Waals surface area contributed by atoms with Gasteiger partial charge in [0.05, 0.1) is 23.1 Å². The van der Waals surface area contributed by atoms with Gasteiger partial charge in [-0.3, -0.25) is 4.79 Å². The third-order valence-corrected chi connectivity index (χ3v) is 4.03. The lowest BCUT2D eigenvalue weighted by molar-refractivity contribution is 0.102. The van der Waals surface area contributed by atoms with Gasteiger partial charge >= 0.3 is 0 Å². The first-order valence-corrected chi connectivity index (χ1v) is 8.19. The van der Waals surface area contributed by atoms with Gasteiger partial charge in [0.2, 0.25) is 0 Å². The van der Waals surface area contributed by atoms with Gasteiger partial charge in [-0.2, -0.15) is 0 Å². The third kappa shape index (κ3) is 4.26. The molecule has 0 bridgehead atoms. The quantitative estimate of drug-likeness (QED) is 0.669. The number of halogens is 2. The molecule has 3 aromatic rings. The molecular weight excluding hydrogens is 359 g/mol. The molecule has 0 fully saturated rings. The van der Waals surface area contributed by atoms with Gasteiger partial charge in [-0.15, -0.1) is 0 Å². The van der Waals surface area contributed by atoms with Gasteiger partial charge in [-0.05, 0) is 36.8 Å². The predicted octanol–water partition coefficient (Wildman–Crippen LogP) is 5.09. The Morgan fingerprint density at radius 2 is 1.80 bits per heavy atom. The van der Waals surface area contributed by atoms with E-state index in [1.807, 2.05) is 31.2 Å². The van der Waals surface area contributed by atoms with Crippen LogP contribution in [0.15, 0.2) is 54.9 Å². The summed E-state index contributed by atoms with van der Waals surface area (Å²) in [6.07, 6.45) is 2.86. The Balaban J connectivity index is 1.72. The van der Waals surface area contributed by atoms with E-state index < -0.39 is 0 Å². The van der Waals surface area contributed by atoms with Crippen LogP contribution < -0.4 is 10.6 Å². The lowest BCUT2D eigenvalue weighted by Crippen LogP contribution is -2.15. The Morgan fingerprint density at radius 3 is 2.52 bits per heavy atom. The van der Waals surface area contributed by atoms with E-state index in [1.165, 1.54) is 12.4 Å². The number of nitrogens with zero attached hydrogens (tertiary/aromatic N) is 2. The summed E-state index contributed by atoms with van der Waals surface area (Å²) in [7, 11) is 0. The lowest BCUT2D eigenvalue weighted by atomic mass is 10.2. The van der Waals surface area contributed by atoms with E-state index in [2.05, 4.69) is 20.6 Å². The van der Waals surface area contributed by atoms with Crippen LogP contribution in [0.1, 0.15) is 16.1 Å². The highest BCUT2D eigenvalue weighted by Gasteiger charge is 2.10. The molecule has 0 aliphatic carbocycles. The fourth-order valence-electron chi connectivity index (χ4n) is 2.14. The van der Waals surface area contributed by atoms with Crippen molar-refractivity contribution in [2.75, 3.05) is 10.6 Å². The number of hydrogen-bond acceptors (Lipinski definition) is 4. The lowest BCUT2D eigenvalue weighted by Gasteiger charge is -2.09. The maximum Gasteiger partial charge on any atom is 0.275 e. The molecule has 126 valence electrons. The molecule has 0 spiro atoms. The van der Waals surface area contributed by atoms with Crippen molar-refractivity contribution < 1.29 is 4.79 Å². The first-order chi connectivity index (χ1) is 12.0. The summed E-state index contributed by atoms with van der Waals surface area (Å²) < 4.78 is 0. The number of aryl methyl sites for hydroxylation is 1. The van der Waals surface area contributed by atoms with Crippen LogP contribution in [-0.4, -0.2) is 15.9 Å². The molecule has 0 saturated carbocycles. The van der Waals surface area contributed by atoms with Gasteiger partial charge in [0.25, 0.3) is 5.91 Å². The van der Waals surface area contributed by atoms with Crippen molar-refractivity contribution in [3.05, 3.63) is 76.2 Å². The molecule has 1 aromatic heterocycles. The zero-order chi connectivity index (χ0) is 17.8. The molecule has 0 saturated heterocycles. The van der Waals surface area contributed by atoms with Crippen molar-refractivity contribution in [1.82, 2.24) is 9.97 Å². The molecule has 1 amide bonds. The number of benzene rings is 2. The number of hydrogen-bond donors (Lipinski definition) is 2. The topological polar surface area (TPSA) is 66.9 Å². The molecule has 25 heavy (non-hydrogen) atoms. The maximum atomic E-state index is 12.3. The monoisotopic (exact) mass is 372 g/mol. The van der Waals surface area contributed by atoms with E-state index in [0.717, 1.165) is 11.3 Å². The highest BCUT2D eigenvalue weighted by Crippen LogP contribution is 2.27. The SMILES string of the molecule is Cc1ccccc1NC(=O)c1cnc(Nc2cc(Cl)ccc2Cl)cn1. The average molecular weight is 373 g/mol. The van der Waals surface area contributed by atoms with Gasteiger partial charge in [0.15, 0.2) is 0 Å². The number of rotatable bonds is 4. The normalized spacial score (nSPS) is 10.4. The third-order valence-electron chi connectivity index (χ3n) is 3.47. The van der Waals surface area contributed by atoms with Crippen LogP contribution >= 0.6 is 23.2 Å². The number of carbonyl (C=O) groups is 1. The Bertz CT molecular complexity index is 913. The van der Waals surface area contributed by atoms with Gasteiger partial charge < -0.3 is 10.6 Å². The minimum atomic E-state index is -0.325. The summed E-state index contributed by atoms with van der Waals surface area (Å²) in [5, 5.41) is 6.89. The summed E-state index contributed by atoms with van der Waals surface area (Å²) in [6.45, 7) is 1.92. The number of nitrogens with one attached hydrogen (secondary N) is 2. The van der Waals surface area contributed by atoms with Crippen LogP contribution in [0.25, 0.3) is 0 Å². The van der Waals surface area contributed by atoms with Crippen LogP contribution in [0.5, 0.6) is 0 Å². The Hall–Kier alpha value is -2.63. The van der Waals surface area contributed by atoms with Crippen LogP contribution in [0, 0.1) is 6.92 Å². The smallest absolute Gasteiger partial charge is 0.275 e. The highest BCUT2D eigenvalue weighted by molar-refractivity contribution is 6.35. The van der Waals surface area contributed by atoms with Crippen molar-refractivity contribution in [1.29, 1.82) is 0 Å². The molecule has 0 aliphatic rings. The Kier molecular flexibility index (Phi) is 5.16. The average Bonchev–Trinajstić information content (AvgIpc) is 2.61. The largest absolute Gasteiger partial charge is 0.338 e. The molecule has 3 rings (SSSR count). The fourth-order valence-corrected chi connectivity index (χ4v) is 2.48. The first-order valence-electron chi connectivity index (χ1n) is 7.44. The summed E-state index contributed by atoms with van der Waals surface area (Å²) in [4.78, 5) is 20.6. The summed E-state index contributed by atoms with van der Waals surface area (Å²) in [6, 6.07) is 12.6. The molecule has 0 unspecified atom stereocenters. The zero-order valence-corrected chi connectivity index (χ0v) is 14.8. The number of anilines is 3. The van der Waals surface area contributed by atoms with E-state index >= 15 is 0 Å². The van der Waals surface area contributed by atoms with Gasteiger partial charge in [0, 0.05) is 10.7 Å². The van der Waals surface area contributed by atoms with Crippen LogP contribution in [0.4, 0.5) is 17.2 Å². The predicted molar refractivity (Wildman–Crippen MR) is 101 cm³/mol. The highest BCUT2D eigenvalue weighted by atomic mass is 35.5. The van der Waals surface area contributed by atoms with E-state index in [-0.39, 0.29) is 11.6 Å². The van der Waals surface area contributed by atoms with Crippen molar-refractivity contribution in [2.45, 2.75) is 6.92 Å². The second-order valence-electron chi connectivity index (χ2n) is 5.31.